The average Bonchev–Trinajstić information content (AvgIpc) is 2.26. The first-order chi connectivity index (χ1) is 8.20. The molecule has 1 aliphatic carbocycles. The number of hydrogen-bond acceptors (Lipinski definition) is 3. The highest BCUT2D eigenvalue weighted by Crippen LogP contribution is 2.42. The van der Waals surface area contributed by atoms with Gasteiger partial charge in [0.25, 0.3) is 0 Å². The molecule has 0 spiro atoms. The van der Waals surface area contributed by atoms with Crippen LogP contribution in [0, 0.1) is 11.3 Å². The van der Waals surface area contributed by atoms with Gasteiger partial charge in [0.2, 0.25) is 0 Å². The highest BCUT2D eigenvalue weighted by molar-refractivity contribution is 5.76. The summed E-state index contributed by atoms with van der Waals surface area (Å²) in [7, 11) is 0. The number of carbonyl (C=O) groups is 2. The van der Waals surface area contributed by atoms with Crippen LogP contribution in [0.5, 0.6) is 0 Å². The summed E-state index contributed by atoms with van der Waals surface area (Å²) in [5.41, 5.74) is -1.10. The number of rotatable bonds is 3. The maximum Gasteiger partial charge on any atom is 0.309 e. The van der Waals surface area contributed by atoms with Gasteiger partial charge in [0.1, 0.15) is 5.60 Å². The Bertz CT molecular complexity index is 319. The van der Waals surface area contributed by atoms with Crippen LogP contribution in [0.4, 0.5) is 0 Å². The molecule has 1 aliphatic rings. The summed E-state index contributed by atoms with van der Waals surface area (Å²) in [4.78, 5) is 23.2. The zero-order valence-electron chi connectivity index (χ0n) is 11.8. The number of hydrogen-bond donors (Lipinski definition) is 1. The maximum absolute atomic E-state index is 11.9. The number of aliphatic carboxylic acids is 1. The second-order valence-electron chi connectivity index (χ2n) is 6.25. The number of carbonyl (C=O) groups excluding carboxylic acids is 1. The van der Waals surface area contributed by atoms with Gasteiger partial charge in [0.15, 0.2) is 0 Å². The SMILES string of the molecule is CCC1(C(=O)O)CCC(C(=O)OC(C)(C)C)CC1. The molecule has 1 fully saturated rings. The predicted octanol–water partition coefficient (Wildman–Crippen LogP) is 3.00. The Morgan fingerprint density at radius 3 is 2.11 bits per heavy atom. The van der Waals surface area contributed by atoms with Gasteiger partial charge in [-0.25, -0.2) is 0 Å². The molecule has 0 aromatic carbocycles. The van der Waals surface area contributed by atoms with Crippen LogP contribution in [-0.2, 0) is 14.3 Å². The topological polar surface area (TPSA) is 63.6 Å². The highest BCUT2D eigenvalue weighted by Gasteiger charge is 2.42. The molecule has 0 radical (unpaired) electrons. The molecule has 4 nitrogen and oxygen atoms in total. The van der Waals surface area contributed by atoms with E-state index in [4.69, 9.17) is 4.74 Å². The van der Waals surface area contributed by atoms with Crippen LogP contribution in [0.15, 0.2) is 0 Å². The van der Waals surface area contributed by atoms with Gasteiger partial charge in [-0.2, -0.15) is 0 Å². The molecule has 4 heteroatoms. The van der Waals surface area contributed by atoms with E-state index in [0.29, 0.717) is 32.1 Å². The summed E-state index contributed by atoms with van der Waals surface area (Å²) in [6.07, 6.45) is 3.01. The number of esters is 1. The zero-order valence-corrected chi connectivity index (χ0v) is 11.8. The molecule has 1 saturated carbocycles. The van der Waals surface area contributed by atoms with Crippen molar-refractivity contribution in [2.75, 3.05) is 0 Å². The van der Waals surface area contributed by atoms with Crippen molar-refractivity contribution in [3.8, 4) is 0 Å². The average molecular weight is 256 g/mol. The van der Waals surface area contributed by atoms with Crippen LogP contribution in [0.2, 0.25) is 0 Å². The molecule has 1 rings (SSSR count). The van der Waals surface area contributed by atoms with Crippen molar-refractivity contribution in [2.45, 2.75) is 65.4 Å². The Morgan fingerprint density at radius 1 is 1.28 bits per heavy atom. The first-order valence-corrected chi connectivity index (χ1v) is 6.66. The van der Waals surface area contributed by atoms with Crippen molar-refractivity contribution in [3.05, 3.63) is 0 Å². The Balaban J connectivity index is 2.58. The second kappa shape index (κ2) is 5.29. The van der Waals surface area contributed by atoms with Gasteiger partial charge in [0.05, 0.1) is 11.3 Å². The van der Waals surface area contributed by atoms with Gasteiger partial charge in [-0.3, -0.25) is 9.59 Å². The molecular formula is C14H24O4. The normalized spacial score (nSPS) is 28.8. The van der Waals surface area contributed by atoms with E-state index in [-0.39, 0.29) is 11.9 Å². The summed E-state index contributed by atoms with van der Waals surface area (Å²) in [6, 6.07) is 0. The zero-order chi connectivity index (χ0) is 14.0. The molecule has 0 aromatic heterocycles. The molecular weight excluding hydrogens is 232 g/mol. The van der Waals surface area contributed by atoms with Crippen molar-refractivity contribution in [2.24, 2.45) is 11.3 Å². The Morgan fingerprint density at radius 2 is 1.78 bits per heavy atom. The minimum Gasteiger partial charge on any atom is -0.481 e. The van der Waals surface area contributed by atoms with Gasteiger partial charge in [-0.1, -0.05) is 6.92 Å². The van der Waals surface area contributed by atoms with E-state index in [1.54, 1.807) is 0 Å². The smallest absolute Gasteiger partial charge is 0.309 e. The number of carboxylic acid groups (broad SMARTS) is 1. The second-order valence-corrected chi connectivity index (χ2v) is 6.25. The van der Waals surface area contributed by atoms with E-state index in [0.717, 1.165) is 0 Å². The van der Waals surface area contributed by atoms with Gasteiger partial charge in [0, 0.05) is 0 Å². The van der Waals surface area contributed by atoms with Crippen LogP contribution in [0.3, 0.4) is 0 Å². The minimum atomic E-state index is -0.729. The lowest BCUT2D eigenvalue weighted by Crippen LogP contribution is -2.38. The molecule has 0 unspecified atom stereocenters. The molecule has 0 saturated heterocycles. The fourth-order valence-electron chi connectivity index (χ4n) is 2.51. The van der Waals surface area contributed by atoms with Gasteiger partial charge < -0.3 is 9.84 Å². The monoisotopic (exact) mass is 256 g/mol. The Kier molecular flexibility index (Phi) is 4.41. The third-order valence-corrected chi connectivity index (χ3v) is 3.81. The van der Waals surface area contributed by atoms with Crippen LogP contribution >= 0.6 is 0 Å². The van der Waals surface area contributed by atoms with E-state index in [1.165, 1.54) is 0 Å². The fraction of sp³-hybridized carbons (Fsp3) is 0.857. The molecule has 0 aromatic rings. The van der Waals surface area contributed by atoms with Crippen LogP contribution in [0.25, 0.3) is 0 Å². The van der Waals surface area contributed by atoms with Gasteiger partial charge in [-0.05, 0) is 52.9 Å². The Hall–Kier alpha value is -1.06. The standard InChI is InChI=1S/C14H24O4/c1-5-14(12(16)17)8-6-10(7-9-14)11(15)18-13(2,3)4/h10H,5-9H2,1-4H3,(H,16,17). The van der Waals surface area contributed by atoms with Crippen molar-refractivity contribution < 1.29 is 19.4 Å². The van der Waals surface area contributed by atoms with Gasteiger partial charge in [-0.15, -0.1) is 0 Å². The van der Waals surface area contributed by atoms with E-state index < -0.39 is 17.0 Å². The van der Waals surface area contributed by atoms with Crippen molar-refractivity contribution in [1.29, 1.82) is 0 Å². The summed E-state index contributed by atoms with van der Waals surface area (Å²) < 4.78 is 5.35. The molecule has 0 bridgehead atoms. The lowest BCUT2D eigenvalue weighted by Gasteiger charge is -2.36. The minimum absolute atomic E-state index is 0.136. The molecule has 1 N–H and O–H groups in total. The lowest BCUT2D eigenvalue weighted by atomic mass is 9.69. The third kappa shape index (κ3) is 3.47. The number of carboxylic acids is 1. The predicted molar refractivity (Wildman–Crippen MR) is 68.2 cm³/mol. The van der Waals surface area contributed by atoms with Crippen LogP contribution in [-0.4, -0.2) is 22.6 Å². The van der Waals surface area contributed by atoms with Crippen molar-refractivity contribution in [1.82, 2.24) is 0 Å². The first-order valence-electron chi connectivity index (χ1n) is 6.66. The van der Waals surface area contributed by atoms with Crippen molar-refractivity contribution in [3.63, 3.8) is 0 Å². The Labute approximate surface area is 109 Å². The van der Waals surface area contributed by atoms with Crippen LogP contribution in [0.1, 0.15) is 59.8 Å². The largest absolute Gasteiger partial charge is 0.481 e. The van der Waals surface area contributed by atoms with E-state index >= 15 is 0 Å². The first kappa shape index (κ1) is 15.0. The fourth-order valence-corrected chi connectivity index (χ4v) is 2.51. The highest BCUT2D eigenvalue weighted by atomic mass is 16.6. The molecule has 104 valence electrons. The van der Waals surface area contributed by atoms with Crippen LogP contribution < -0.4 is 0 Å². The maximum atomic E-state index is 11.9. The van der Waals surface area contributed by atoms with E-state index in [2.05, 4.69) is 0 Å². The number of ether oxygens (including phenoxy) is 1. The van der Waals surface area contributed by atoms with E-state index in [1.807, 2.05) is 27.7 Å². The summed E-state index contributed by atoms with van der Waals surface area (Å²) in [5, 5.41) is 9.28. The molecule has 0 aliphatic heterocycles. The summed E-state index contributed by atoms with van der Waals surface area (Å²) in [6.45, 7) is 7.45. The van der Waals surface area contributed by atoms with E-state index in [9.17, 15) is 14.7 Å². The summed E-state index contributed by atoms with van der Waals surface area (Å²) >= 11 is 0. The third-order valence-electron chi connectivity index (χ3n) is 3.81. The lowest BCUT2D eigenvalue weighted by molar-refractivity contribution is -0.165. The summed E-state index contributed by atoms with van der Waals surface area (Å²) in [5.74, 6) is -1.05. The van der Waals surface area contributed by atoms with Gasteiger partial charge >= 0.3 is 11.9 Å². The molecule has 0 amide bonds. The van der Waals surface area contributed by atoms with Crippen molar-refractivity contribution >= 4 is 11.9 Å². The quantitative estimate of drug-likeness (QED) is 0.788. The molecule has 0 atom stereocenters. The molecule has 18 heavy (non-hydrogen) atoms. The molecule has 0 heterocycles.